The predicted octanol–water partition coefficient (Wildman–Crippen LogP) is 5.34. The van der Waals surface area contributed by atoms with Gasteiger partial charge in [-0.3, -0.25) is 0 Å². The number of carbonyl (C=O) groups excluding carboxylic acids is 1. The molecule has 2 heterocycles. The first-order valence-electron chi connectivity index (χ1n) is 9.48. The SMILES string of the molecule is CCOC(=O)c1c(-c2ccc(F)cc2)nc2c(c(-c3ccccc3)nn2C)c1SC. The first-order chi connectivity index (χ1) is 14.5. The monoisotopic (exact) mass is 421 g/mol. The number of thioether (sulfide) groups is 1. The van der Waals surface area contributed by atoms with Crippen molar-refractivity contribution in [2.24, 2.45) is 7.05 Å². The van der Waals surface area contributed by atoms with Gasteiger partial charge in [-0.05, 0) is 37.4 Å². The van der Waals surface area contributed by atoms with Crippen LogP contribution in [0.3, 0.4) is 0 Å². The molecule has 0 atom stereocenters. The van der Waals surface area contributed by atoms with Crippen molar-refractivity contribution in [2.45, 2.75) is 11.8 Å². The largest absolute Gasteiger partial charge is 0.462 e. The highest BCUT2D eigenvalue weighted by molar-refractivity contribution is 7.99. The average molecular weight is 421 g/mol. The molecule has 0 aliphatic carbocycles. The first-order valence-corrected chi connectivity index (χ1v) is 10.7. The van der Waals surface area contributed by atoms with Gasteiger partial charge in [0.15, 0.2) is 5.65 Å². The molecule has 0 fully saturated rings. The number of ether oxygens (including phenoxy) is 1. The van der Waals surface area contributed by atoms with Crippen LogP contribution in [0.2, 0.25) is 0 Å². The van der Waals surface area contributed by atoms with Gasteiger partial charge < -0.3 is 4.74 Å². The number of pyridine rings is 1. The number of carbonyl (C=O) groups is 1. The van der Waals surface area contributed by atoms with E-state index in [0.29, 0.717) is 22.5 Å². The van der Waals surface area contributed by atoms with Crippen LogP contribution in [0.4, 0.5) is 4.39 Å². The molecule has 0 saturated carbocycles. The van der Waals surface area contributed by atoms with Crippen LogP contribution in [0.5, 0.6) is 0 Å². The molecule has 0 saturated heterocycles. The van der Waals surface area contributed by atoms with Gasteiger partial charge in [0.2, 0.25) is 0 Å². The highest BCUT2D eigenvalue weighted by Crippen LogP contribution is 2.40. The smallest absolute Gasteiger partial charge is 0.341 e. The molecule has 2 aromatic carbocycles. The summed E-state index contributed by atoms with van der Waals surface area (Å²) in [7, 11) is 1.82. The molecule has 4 aromatic rings. The maximum atomic E-state index is 13.5. The fraction of sp³-hybridized carbons (Fsp3) is 0.174. The van der Waals surface area contributed by atoms with Crippen molar-refractivity contribution in [1.29, 1.82) is 0 Å². The Morgan fingerprint density at radius 2 is 1.73 bits per heavy atom. The molecule has 7 heteroatoms. The summed E-state index contributed by atoms with van der Waals surface area (Å²) in [6.45, 7) is 2.01. The molecule has 4 rings (SSSR count). The molecule has 0 spiro atoms. The van der Waals surface area contributed by atoms with Crippen molar-refractivity contribution in [1.82, 2.24) is 14.8 Å². The molecule has 30 heavy (non-hydrogen) atoms. The van der Waals surface area contributed by atoms with Crippen molar-refractivity contribution < 1.29 is 13.9 Å². The van der Waals surface area contributed by atoms with Crippen LogP contribution in [-0.4, -0.2) is 33.6 Å². The van der Waals surface area contributed by atoms with E-state index in [9.17, 15) is 9.18 Å². The van der Waals surface area contributed by atoms with Crippen molar-refractivity contribution in [3.05, 3.63) is 66.0 Å². The van der Waals surface area contributed by atoms with Gasteiger partial charge in [0, 0.05) is 23.1 Å². The Morgan fingerprint density at radius 3 is 2.37 bits per heavy atom. The lowest BCUT2D eigenvalue weighted by Crippen LogP contribution is -2.10. The second kappa shape index (κ2) is 8.28. The summed E-state index contributed by atoms with van der Waals surface area (Å²) in [4.78, 5) is 18.5. The summed E-state index contributed by atoms with van der Waals surface area (Å²) in [6, 6.07) is 15.7. The number of benzene rings is 2. The zero-order valence-corrected chi connectivity index (χ0v) is 17.7. The fourth-order valence-electron chi connectivity index (χ4n) is 3.46. The topological polar surface area (TPSA) is 57.0 Å². The lowest BCUT2D eigenvalue weighted by Gasteiger charge is -2.14. The maximum absolute atomic E-state index is 13.5. The second-order valence-corrected chi connectivity index (χ2v) is 7.45. The number of fused-ring (bicyclic) bond motifs is 1. The van der Waals surface area contributed by atoms with Crippen LogP contribution in [0, 0.1) is 5.82 Å². The number of hydrogen-bond acceptors (Lipinski definition) is 5. The Morgan fingerprint density at radius 1 is 1.07 bits per heavy atom. The van der Waals surface area contributed by atoms with E-state index in [2.05, 4.69) is 0 Å². The Bertz CT molecular complexity index is 1220. The van der Waals surface area contributed by atoms with Gasteiger partial charge in [0.05, 0.1) is 17.7 Å². The minimum Gasteiger partial charge on any atom is -0.462 e. The van der Waals surface area contributed by atoms with Crippen LogP contribution in [0.15, 0.2) is 59.5 Å². The summed E-state index contributed by atoms with van der Waals surface area (Å²) in [5, 5.41) is 5.49. The quantitative estimate of drug-likeness (QED) is 0.322. The van der Waals surface area contributed by atoms with Crippen LogP contribution in [0.1, 0.15) is 17.3 Å². The average Bonchev–Trinajstić information content (AvgIpc) is 3.10. The zero-order valence-electron chi connectivity index (χ0n) is 16.8. The van der Waals surface area contributed by atoms with Crippen molar-refractivity contribution in [3.63, 3.8) is 0 Å². The molecule has 5 nitrogen and oxygen atoms in total. The standard InChI is InChI=1S/C23H20FN3O2S/c1-4-29-23(28)18-19(15-10-12-16(24)13-11-15)25-22-17(21(18)30-3)20(26-27(22)2)14-8-6-5-7-9-14/h5-13H,4H2,1-3H3. The number of halogens is 1. The van der Waals surface area contributed by atoms with E-state index >= 15 is 0 Å². The fourth-order valence-corrected chi connectivity index (χ4v) is 4.23. The number of nitrogens with zero attached hydrogens (tertiary/aromatic N) is 3. The molecule has 0 aliphatic rings. The van der Waals surface area contributed by atoms with Gasteiger partial charge in [-0.2, -0.15) is 5.10 Å². The Labute approximate surface area is 177 Å². The highest BCUT2D eigenvalue weighted by Gasteiger charge is 2.27. The summed E-state index contributed by atoms with van der Waals surface area (Å²) >= 11 is 1.45. The normalized spacial score (nSPS) is 11.1. The van der Waals surface area contributed by atoms with Crippen molar-refractivity contribution >= 4 is 28.8 Å². The van der Waals surface area contributed by atoms with Crippen LogP contribution in [0.25, 0.3) is 33.5 Å². The van der Waals surface area contributed by atoms with E-state index in [4.69, 9.17) is 14.8 Å². The Hall–Kier alpha value is -3.19. The van der Waals surface area contributed by atoms with Crippen LogP contribution < -0.4 is 0 Å². The molecule has 0 amide bonds. The number of aryl methyl sites for hydroxylation is 1. The lowest BCUT2D eigenvalue weighted by molar-refractivity contribution is 0.0523. The van der Waals surface area contributed by atoms with Gasteiger partial charge in [-0.25, -0.2) is 18.9 Å². The number of aromatic nitrogens is 3. The summed E-state index contributed by atoms with van der Waals surface area (Å²) in [6.07, 6.45) is 1.91. The Balaban J connectivity index is 2.10. The molecule has 0 aliphatic heterocycles. The molecule has 0 unspecified atom stereocenters. The molecule has 152 valence electrons. The van der Waals surface area contributed by atoms with E-state index in [1.165, 1.54) is 23.9 Å². The minimum absolute atomic E-state index is 0.242. The molecular weight excluding hydrogens is 401 g/mol. The van der Waals surface area contributed by atoms with Gasteiger partial charge in [0.1, 0.15) is 17.1 Å². The van der Waals surface area contributed by atoms with E-state index in [1.807, 2.05) is 43.6 Å². The zero-order chi connectivity index (χ0) is 21.3. The van der Waals surface area contributed by atoms with Gasteiger partial charge in [-0.15, -0.1) is 11.8 Å². The molecule has 0 bridgehead atoms. The van der Waals surface area contributed by atoms with E-state index in [1.54, 1.807) is 23.7 Å². The first kappa shape index (κ1) is 20.1. The van der Waals surface area contributed by atoms with Crippen LogP contribution in [-0.2, 0) is 11.8 Å². The van der Waals surface area contributed by atoms with Crippen LogP contribution >= 0.6 is 11.8 Å². The van der Waals surface area contributed by atoms with Crippen molar-refractivity contribution in [3.8, 4) is 22.5 Å². The molecule has 0 radical (unpaired) electrons. The highest BCUT2D eigenvalue weighted by atomic mass is 32.2. The third-order valence-electron chi connectivity index (χ3n) is 4.77. The summed E-state index contributed by atoms with van der Waals surface area (Å²) in [5.41, 5.74) is 3.79. The van der Waals surface area contributed by atoms with Gasteiger partial charge >= 0.3 is 5.97 Å². The second-order valence-electron chi connectivity index (χ2n) is 6.63. The van der Waals surface area contributed by atoms with Crippen molar-refractivity contribution in [2.75, 3.05) is 12.9 Å². The van der Waals surface area contributed by atoms with E-state index < -0.39 is 5.97 Å². The summed E-state index contributed by atoms with van der Waals surface area (Å²) in [5.74, 6) is -0.812. The third-order valence-corrected chi connectivity index (χ3v) is 5.59. The molecule has 2 aromatic heterocycles. The van der Waals surface area contributed by atoms with E-state index in [-0.39, 0.29) is 12.4 Å². The van der Waals surface area contributed by atoms with Gasteiger partial charge in [0.25, 0.3) is 0 Å². The maximum Gasteiger partial charge on any atom is 0.341 e. The predicted molar refractivity (Wildman–Crippen MR) is 117 cm³/mol. The lowest BCUT2D eigenvalue weighted by atomic mass is 10.0. The number of rotatable bonds is 5. The van der Waals surface area contributed by atoms with E-state index in [0.717, 1.165) is 21.5 Å². The number of hydrogen-bond donors (Lipinski definition) is 0. The van der Waals surface area contributed by atoms with Gasteiger partial charge in [-0.1, -0.05) is 30.3 Å². The Kier molecular flexibility index (Phi) is 5.55. The number of esters is 1. The molecule has 0 N–H and O–H groups in total. The third kappa shape index (κ3) is 3.45. The molecular formula is C23H20FN3O2S. The summed E-state index contributed by atoms with van der Waals surface area (Å²) < 4.78 is 20.6. The minimum atomic E-state index is -0.460.